The van der Waals surface area contributed by atoms with Gasteiger partial charge in [-0.25, -0.2) is 0 Å². The Kier molecular flexibility index (Phi) is 4.57. The van der Waals surface area contributed by atoms with Crippen LogP contribution < -0.4 is 5.32 Å². The highest BCUT2D eigenvalue weighted by Gasteiger charge is 2.33. The topological polar surface area (TPSA) is 60.2 Å². The fraction of sp³-hybridized carbons (Fsp3) is 0.467. The number of nitrogens with one attached hydrogen (secondary N) is 1. The van der Waals surface area contributed by atoms with E-state index in [4.69, 9.17) is 9.26 Å². The zero-order valence-corrected chi connectivity index (χ0v) is 13.0. The second kappa shape index (κ2) is 6.60. The third kappa shape index (κ3) is 2.97. The van der Waals surface area contributed by atoms with Gasteiger partial charge in [-0.1, -0.05) is 35.5 Å². The second-order valence-electron chi connectivity index (χ2n) is 5.06. The molecule has 112 valence electrons. The standard InChI is InChI=1S/C15H19N3O2S/c1-16-12-9-21-8-11(12)15-17-14(18-20-15)13(19-2)10-6-4-3-5-7-10/h3-7,11-13,16H,8-9H2,1-2H3. The van der Waals surface area contributed by atoms with E-state index >= 15 is 0 Å². The molecule has 0 aliphatic carbocycles. The minimum Gasteiger partial charge on any atom is -0.369 e. The summed E-state index contributed by atoms with van der Waals surface area (Å²) in [6, 6.07) is 10.3. The molecule has 2 heterocycles. The maximum absolute atomic E-state index is 5.55. The number of aromatic nitrogens is 2. The molecule has 1 aliphatic heterocycles. The van der Waals surface area contributed by atoms with Crippen molar-refractivity contribution in [2.75, 3.05) is 25.7 Å². The van der Waals surface area contributed by atoms with Crippen LogP contribution in [0.25, 0.3) is 0 Å². The van der Waals surface area contributed by atoms with Crippen molar-refractivity contribution in [3.8, 4) is 0 Å². The first-order chi connectivity index (χ1) is 10.3. The summed E-state index contributed by atoms with van der Waals surface area (Å²) in [5.41, 5.74) is 1.03. The van der Waals surface area contributed by atoms with Crippen molar-refractivity contribution in [2.45, 2.75) is 18.1 Å². The highest BCUT2D eigenvalue weighted by molar-refractivity contribution is 7.99. The summed E-state index contributed by atoms with van der Waals surface area (Å²) >= 11 is 1.91. The molecule has 1 N–H and O–H groups in total. The van der Waals surface area contributed by atoms with Crippen LogP contribution in [0.15, 0.2) is 34.9 Å². The van der Waals surface area contributed by atoms with Gasteiger partial charge < -0.3 is 14.6 Å². The first kappa shape index (κ1) is 14.6. The molecule has 1 fully saturated rings. The maximum atomic E-state index is 5.55. The van der Waals surface area contributed by atoms with Crippen LogP contribution in [0.4, 0.5) is 0 Å². The molecule has 3 unspecified atom stereocenters. The van der Waals surface area contributed by atoms with Gasteiger partial charge in [-0.3, -0.25) is 0 Å². The van der Waals surface area contributed by atoms with E-state index in [9.17, 15) is 0 Å². The quantitative estimate of drug-likeness (QED) is 0.914. The molecule has 0 bridgehead atoms. The van der Waals surface area contributed by atoms with Gasteiger partial charge in [0, 0.05) is 24.7 Å². The first-order valence-electron chi connectivity index (χ1n) is 6.99. The van der Waals surface area contributed by atoms with E-state index in [0.717, 1.165) is 17.1 Å². The fourth-order valence-electron chi connectivity index (χ4n) is 2.60. The molecule has 0 saturated carbocycles. The van der Waals surface area contributed by atoms with Crippen LogP contribution in [0.2, 0.25) is 0 Å². The smallest absolute Gasteiger partial charge is 0.232 e. The Labute approximate surface area is 128 Å². The van der Waals surface area contributed by atoms with Gasteiger partial charge in [0.1, 0.15) is 6.10 Å². The summed E-state index contributed by atoms with van der Waals surface area (Å²) in [5, 5.41) is 7.45. The van der Waals surface area contributed by atoms with Crippen LogP contribution in [0.1, 0.15) is 29.3 Å². The SMILES string of the molecule is CNC1CSCC1c1nc(C(OC)c2ccccc2)no1. The van der Waals surface area contributed by atoms with Crippen LogP contribution in [-0.2, 0) is 4.74 Å². The molecule has 0 radical (unpaired) electrons. The highest BCUT2D eigenvalue weighted by atomic mass is 32.2. The summed E-state index contributed by atoms with van der Waals surface area (Å²) in [4.78, 5) is 4.58. The lowest BCUT2D eigenvalue weighted by Gasteiger charge is -2.13. The van der Waals surface area contributed by atoms with Gasteiger partial charge in [-0.2, -0.15) is 16.7 Å². The van der Waals surface area contributed by atoms with E-state index in [-0.39, 0.29) is 12.0 Å². The minimum atomic E-state index is -0.286. The largest absolute Gasteiger partial charge is 0.369 e. The highest BCUT2D eigenvalue weighted by Crippen LogP contribution is 2.33. The van der Waals surface area contributed by atoms with Gasteiger partial charge in [0.05, 0.1) is 5.92 Å². The number of hydrogen-bond donors (Lipinski definition) is 1. The minimum absolute atomic E-state index is 0.273. The predicted molar refractivity (Wildman–Crippen MR) is 82.5 cm³/mol. The number of rotatable bonds is 5. The second-order valence-corrected chi connectivity index (χ2v) is 6.13. The molecule has 6 heteroatoms. The van der Waals surface area contributed by atoms with Crippen LogP contribution in [0.3, 0.4) is 0 Å². The van der Waals surface area contributed by atoms with Crippen molar-refractivity contribution in [1.29, 1.82) is 0 Å². The number of thioether (sulfide) groups is 1. The predicted octanol–water partition coefficient (Wildman–Crippen LogP) is 2.22. The van der Waals surface area contributed by atoms with Crippen molar-refractivity contribution in [2.24, 2.45) is 0 Å². The summed E-state index contributed by atoms with van der Waals surface area (Å²) in [6.07, 6.45) is -0.286. The Morgan fingerprint density at radius 2 is 2.14 bits per heavy atom. The van der Waals surface area contributed by atoms with Crippen LogP contribution in [-0.4, -0.2) is 41.8 Å². The molecule has 2 aromatic rings. The fourth-order valence-corrected chi connectivity index (χ4v) is 4.02. The Hall–Kier alpha value is -1.37. The Bertz CT molecular complexity index is 575. The van der Waals surface area contributed by atoms with Crippen LogP contribution in [0, 0.1) is 0 Å². The summed E-state index contributed by atoms with van der Waals surface area (Å²) < 4.78 is 11.0. The Morgan fingerprint density at radius 1 is 1.33 bits per heavy atom. The molecule has 0 spiro atoms. The van der Waals surface area contributed by atoms with Gasteiger partial charge in [0.15, 0.2) is 0 Å². The molecule has 1 saturated heterocycles. The van der Waals surface area contributed by atoms with Gasteiger partial charge in [-0.05, 0) is 12.6 Å². The van der Waals surface area contributed by atoms with Crippen molar-refractivity contribution in [3.05, 3.63) is 47.6 Å². The van der Waals surface area contributed by atoms with E-state index in [1.807, 2.05) is 49.1 Å². The molecule has 1 aliphatic rings. The average molecular weight is 305 g/mol. The molecule has 0 amide bonds. The monoisotopic (exact) mass is 305 g/mol. The summed E-state index contributed by atoms with van der Waals surface area (Å²) in [5.74, 6) is 3.65. The maximum Gasteiger partial charge on any atom is 0.232 e. The zero-order chi connectivity index (χ0) is 14.7. The average Bonchev–Trinajstić information content (AvgIpc) is 3.17. The third-order valence-electron chi connectivity index (χ3n) is 3.80. The van der Waals surface area contributed by atoms with Crippen LogP contribution in [0.5, 0.6) is 0 Å². The lowest BCUT2D eigenvalue weighted by molar-refractivity contribution is 0.126. The number of likely N-dealkylation sites (N-methyl/N-ethyl adjacent to an activating group) is 1. The Balaban J connectivity index is 1.83. The lowest BCUT2D eigenvalue weighted by Crippen LogP contribution is -2.31. The van der Waals surface area contributed by atoms with Gasteiger partial charge in [-0.15, -0.1) is 0 Å². The van der Waals surface area contributed by atoms with Crippen molar-refractivity contribution >= 4 is 11.8 Å². The molecule has 1 aromatic carbocycles. The zero-order valence-electron chi connectivity index (χ0n) is 12.2. The van der Waals surface area contributed by atoms with Gasteiger partial charge in [0.2, 0.25) is 11.7 Å². The summed E-state index contributed by atoms with van der Waals surface area (Å²) in [7, 11) is 3.64. The molecule has 21 heavy (non-hydrogen) atoms. The number of benzene rings is 1. The van der Waals surface area contributed by atoms with Gasteiger partial charge in [0.25, 0.3) is 0 Å². The van der Waals surface area contributed by atoms with Crippen molar-refractivity contribution in [3.63, 3.8) is 0 Å². The molecular weight excluding hydrogens is 286 g/mol. The van der Waals surface area contributed by atoms with Crippen molar-refractivity contribution < 1.29 is 9.26 Å². The number of methoxy groups -OCH3 is 1. The molecule has 3 atom stereocenters. The van der Waals surface area contributed by atoms with Crippen LogP contribution >= 0.6 is 11.8 Å². The number of hydrogen-bond acceptors (Lipinski definition) is 6. The number of nitrogens with zero attached hydrogens (tertiary/aromatic N) is 2. The first-order valence-corrected chi connectivity index (χ1v) is 8.15. The normalized spacial score (nSPS) is 23.3. The van der Waals surface area contributed by atoms with E-state index in [2.05, 4.69) is 15.5 Å². The molecular formula is C15H19N3O2S. The van der Waals surface area contributed by atoms with E-state index in [1.165, 1.54) is 0 Å². The van der Waals surface area contributed by atoms with E-state index in [1.54, 1.807) is 7.11 Å². The van der Waals surface area contributed by atoms with E-state index < -0.39 is 0 Å². The molecule has 3 rings (SSSR count). The molecule has 5 nitrogen and oxygen atoms in total. The lowest BCUT2D eigenvalue weighted by atomic mass is 10.0. The van der Waals surface area contributed by atoms with E-state index in [0.29, 0.717) is 17.8 Å². The Morgan fingerprint density at radius 3 is 2.86 bits per heavy atom. The molecule has 1 aromatic heterocycles. The number of ether oxygens (including phenoxy) is 1. The van der Waals surface area contributed by atoms with Gasteiger partial charge >= 0.3 is 0 Å². The summed E-state index contributed by atoms with van der Waals surface area (Å²) in [6.45, 7) is 0. The van der Waals surface area contributed by atoms with Crippen molar-refractivity contribution in [1.82, 2.24) is 15.5 Å². The third-order valence-corrected chi connectivity index (χ3v) is 4.99.